The zero-order valence-electron chi connectivity index (χ0n) is 15.2. The van der Waals surface area contributed by atoms with E-state index < -0.39 is 49.7 Å². The Morgan fingerprint density at radius 2 is 1.17 bits per heavy atom. The molecular formula is C20H15F5N2O2S. The van der Waals surface area contributed by atoms with Gasteiger partial charge in [0, 0.05) is 6.42 Å². The maximum absolute atomic E-state index is 14.1. The molecule has 30 heavy (non-hydrogen) atoms. The van der Waals surface area contributed by atoms with E-state index in [9.17, 15) is 30.4 Å². The lowest BCUT2D eigenvalue weighted by Crippen LogP contribution is -2.54. The number of benzene rings is 3. The van der Waals surface area contributed by atoms with Crippen LogP contribution in [0.4, 0.5) is 22.0 Å². The molecule has 0 fully saturated rings. The largest absolute Gasteiger partial charge is 0.308 e. The third-order valence-electron chi connectivity index (χ3n) is 4.37. The highest BCUT2D eigenvalue weighted by Crippen LogP contribution is 2.29. The second kappa shape index (κ2) is 8.13. The highest BCUT2D eigenvalue weighted by atomic mass is 32.2. The van der Waals surface area contributed by atoms with Crippen molar-refractivity contribution < 1.29 is 30.4 Å². The monoisotopic (exact) mass is 442 g/mol. The number of rotatable bonds is 6. The molecule has 158 valence electrons. The third kappa shape index (κ3) is 4.07. The van der Waals surface area contributed by atoms with E-state index >= 15 is 0 Å². The normalized spacial score (nSPS) is 13.8. The molecule has 0 amide bonds. The average Bonchev–Trinajstić information content (AvgIpc) is 2.71. The lowest BCUT2D eigenvalue weighted by Gasteiger charge is -2.31. The summed E-state index contributed by atoms with van der Waals surface area (Å²) < 4.78 is 96.1. The van der Waals surface area contributed by atoms with Crippen molar-refractivity contribution >= 4 is 10.0 Å². The van der Waals surface area contributed by atoms with E-state index in [1.807, 2.05) is 4.72 Å². The smallest absolute Gasteiger partial charge is 0.248 e. The van der Waals surface area contributed by atoms with Gasteiger partial charge in [-0.25, -0.2) is 30.4 Å². The Balaban J connectivity index is 2.14. The van der Waals surface area contributed by atoms with Crippen molar-refractivity contribution in [3.63, 3.8) is 0 Å². The zero-order chi connectivity index (χ0) is 22.1. The summed E-state index contributed by atoms with van der Waals surface area (Å²) in [6, 6.07) is 16.0. The molecule has 0 saturated carbocycles. The van der Waals surface area contributed by atoms with Gasteiger partial charge in [-0.1, -0.05) is 60.7 Å². The van der Waals surface area contributed by atoms with Crippen LogP contribution in [0.5, 0.6) is 0 Å². The predicted octanol–water partition coefficient (Wildman–Crippen LogP) is 3.71. The van der Waals surface area contributed by atoms with Gasteiger partial charge in [-0.3, -0.25) is 0 Å². The van der Waals surface area contributed by atoms with E-state index in [2.05, 4.69) is 0 Å². The van der Waals surface area contributed by atoms with Gasteiger partial charge in [0.2, 0.25) is 15.8 Å². The van der Waals surface area contributed by atoms with Crippen LogP contribution >= 0.6 is 0 Å². The maximum Gasteiger partial charge on any atom is 0.248 e. The van der Waals surface area contributed by atoms with Crippen molar-refractivity contribution in [1.29, 1.82) is 0 Å². The molecule has 0 aromatic heterocycles. The second-order valence-corrected chi connectivity index (χ2v) is 8.12. The van der Waals surface area contributed by atoms with Crippen molar-refractivity contribution in [3.8, 4) is 0 Å². The highest BCUT2D eigenvalue weighted by molar-refractivity contribution is 7.89. The molecule has 0 unspecified atom stereocenters. The van der Waals surface area contributed by atoms with Crippen LogP contribution in [-0.4, -0.2) is 8.42 Å². The van der Waals surface area contributed by atoms with E-state index in [1.165, 1.54) is 12.1 Å². The van der Waals surface area contributed by atoms with Crippen LogP contribution in [0.3, 0.4) is 0 Å². The van der Waals surface area contributed by atoms with Gasteiger partial charge in [-0.2, -0.15) is 4.72 Å². The van der Waals surface area contributed by atoms with E-state index in [0.29, 0.717) is 5.56 Å². The second-order valence-electron chi connectivity index (χ2n) is 6.50. The van der Waals surface area contributed by atoms with Gasteiger partial charge in [-0.05, 0) is 11.1 Å². The lowest BCUT2D eigenvalue weighted by atomic mass is 9.94. The first-order chi connectivity index (χ1) is 14.1. The fraction of sp³-hybridized carbons (Fsp3) is 0.100. The van der Waals surface area contributed by atoms with Crippen LogP contribution in [0.1, 0.15) is 11.1 Å². The quantitative estimate of drug-likeness (QED) is 0.265. The molecule has 10 heteroatoms. The van der Waals surface area contributed by atoms with Crippen LogP contribution in [0.2, 0.25) is 0 Å². The Hall–Kier alpha value is -2.82. The summed E-state index contributed by atoms with van der Waals surface area (Å²) in [5.74, 6) is -12.2. The maximum atomic E-state index is 14.1. The molecule has 3 aromatic carbocycles. The SMILES string of the molecule is N[C@@](Cc1ccccc1)(NS(=O)(=O)c1c(F)c(F)c(F)c(F)c1F)c1ccccc1. The standard InChI is InChI=1S/C20H15F5N2O2S/c21-14-15(22)17(24)19(18(25)16(14)23)30(28,29)27-20(26,13-9-5-2-6-10-13)11-12-7-3-1-4-8-12/h1-10,27H,11,26H2/t20-/m0/s1. The molecule has 0 saturated heterocycles. The molecule has 0 aliphatic heterocycles. The molecule has 0 heterocycles. The van der Waals surface area contributed by atoms with Crippen molar-refractivity contribution in [2.75, 3.05) is 0 Å². The van der Waals surface area contributed by atoms with Gasteiger partial charge in [0.25, 0.3) is 0 Å². The summed E-state index contributed by atoms with van der Waals surface area (Å²) in [5.41, 5.74) is 5.10. The van der Waals surface area contributed by atoms with Gasteiger partial charge in [0.05, 0.1) is 0 Å². The summed E-state index contributed by atoms with van der Waals surface area (Å²) in [4.78, 5) is -2.00. The number of nitrogens with one attached hydrogen (secondary N) is 1. The number of halogens is 5. The molecule has 0 aliphatic rings. The average molecular weight is 442 g/mol. The van der Waals surface area contributed by atoms with E-state index in [0.717, 1.165) is 0 Å². The molecule has 0 spiro atoms. The summed E-state index contributed by atoms with van der Waals surface area (Å²) in [7, 11) is -5.28. The molecule has 4 nitrogen and oxygen atoms in total. The van der Waals surface area contributed by atoms with Gasteiger partial charge in [0.15, 0.2) is 28.2 Å². The molecule has 0 bridgehead atoms. The summed E-state index contributed by atoms with van der Waals surface area (Å²) >= 11 is 0. The Morgan fingerprint density at radius 3 is 1.67 bits per heavy atom. The fourth-order valence-corrected chi connectivity index (χ4v) is 4.38. The minimum Gasteiger partial charge on any atom is -0.308 e. The summed E-state index contributed by atoms with van der Waals surface area (Å²) in [5, 5.41) is 0. The lowest BCUT2D eigenvalue weighted by molar-refractivity contribution is 0.353. The van der Waals surface area contributed by atoms with Gasteiger partial charge < -0.3 is 5.73 Å². The Kier molecular flexibility index (Phi) is 5.93. The molecule has 3 N–H and O–H groups in total. The molecule has 3 aromatic rings. The minimum atomic E-state index is -5.28. The van der Waals surface area contributed by atoms with Gasteiger partial charge in [0.1, 0.15) is 5.66 Å². The number of nitrogens with two attached hydrogens (primary N) is 1. The first-order valence-corrected chi connectivity index (χ1v) is 9.99. The first-order valence-electron chi connectivity index (χ1n) is 8.50. The van der Waals surface area contributed by atoms with E-state index in [-0.39, 0.29) is 12.0 Å². The number of hydrogen-bond donors (Lipinski definition) is 2. The molecular weight excluding hydrogens is 427 g/mol. The van der Waals surface area contributed by atoms with Crippen molar-refractivity contribution in [3.05, 3.63) is 101 Å². The predicted molar refractivity (Wildman–Crippen MR) is 99.0 cm³/mol. The van der Waals surface area contributed by atoms with Gasteiger partial charge >= 0.3 is 0 Å². The van der Waals surface area contributed by atoms with Crippen molar-refractivity contribution in [2.24, 2.45) is 5.73 Å². The van der Waals surface area contributed by atoms with Gasteiger partial charge in [-0.15, -0.1) is 0 Å². The molecule has 1 atom stereocenters. The topological polar surface area (TPSA) is 72.2 Å². The Bertz CT molecular complexity index is 1150. The minimum absolute atomic E-state index is 0.174. The molecule has 0 radical (unpaired) electrons. The van der Waals surface area contributed by atoms with Crippen molar-refractivity contribution in [1.82, 2.24) is 4.72 Å². The highest BCUT2D eigenvalue weighted by Gasteiger charge is 2.39. The fourth-order valence-electron chi connectivity index (χ4n) is 2.96. The van der Waals surface area contributed by atoms with Crippen LogP contribution in [-0.2, 0) is 22.1 Å². The summed E-state index contributed by atoms with van der Waals surface area (Å²) in [6.45, 7) is 0. The number of sulfonamides is 1. The van der Waals surface area contributed by atoms with Crippen LogP contribution in [0.25, 0.3) is 0 Å². The summed E-state index contributed by atoms with van der Waals surface area (Å²) in [6.07, 6.45) is -0.174. The van der Waals surface area contributed by atoms with E-state index in [1.54, 1.807) is 48.5 Å². The van der Waals surface area contributed by atoms with Crippen LogP contribution < -0.4 is 10.5 Å². The first kappa shape index (κ1) is 21.9. The number of hydrogen-bond acceptors (Lipinski definition) is 3. The third-order valence-corrected chi connectivity index (χ3v) is 5.90. The van der Waals surface area contributed by atoms with Crippen molar-refractivity contribution in [2.45, 2.75) is 17.0 Å². The van der Waals surface area contributed by atoms with Crippen LogP contribution in [0, 0.1) is 29.1 Å². The Labute approximate surface area is 169 Å². The van der Waals surface area contributed by atoms with E-state index in [4.69, 9.17) is 5.73 Å². The Morgan fingerprint density at radius 1 is 0.733 bits per heavy atom. The molecule has 0 aliphatic carbocycles. The molecule has 3 rings (SSSR count). The zero-order valence-corrected chi connectivity index (χ0v) is 16.0. The van der Waals surface area contributed by atoms with Crippen LogP contribution in [0.15, 0.2) is 65.6 Å².